The van der Waals surface area contributed by atoms with Crippen LogP contribution in [0.1, 0.15) is 42.5 Å². The van der Waals surface area contributed by atoms with E-state index >= 15 is 0 Å². The first-order valence-corrected chi connectivity index (χ1v) is 6.24. The van der Waals surface area contributed by atoms with E-state index < -0.39 is 0 Å². The lowest BCUT2D eigenvalue weighted by atomic mass is 9.86. The fraction of sp³-hybridized carbons (Fsp3) is 0.571. The first-order valence-electron chi connectivity index (χ1n) is 6.24. The highest BCUT2D eigenvalue weighted by atomic mass is 16.5. The quantitative estimate of drug-likeness (QED) is 0.623. The molecule has 0 aliphatic carbocycles. The number of benzene rings is 1. The van der Waals surface area contributed by atoms with Gasteiger partial charge in [-0.2, -0.15) is 0 Å². The molecule has 0 aromatic heterocycles. The summed E-state index contributed by atoms with van der Waals surface area (Å²) in [6, 6.07) is 6.54. The van der Waals surface area contributed by atoms with E-state index in [9.17, 15) is 0 Å². The number of hydrogen-bond acceptors (Lipinski definition) is 3. The Morgan fingerprint density at radius 1 is 1.41 bits per heavy atom. The van der Waals surface area contributed by atoms with E-state index in [4.69, 9.17) is 10.6 Å². The normalized spacial score (nSPS) is 26.1. The maximum absolute atomic E-state index is 5.89. The van der Waals surface area contributed by atoms with Crippen LogP contribution in [0.25, 0.3) is 0 Å². The molecule has 0 spiro atoms. The zero-order valence-corrected chi connectivity index (χ0v) is 10.9. The third-order valence-corrected chi connectivity index (χ3v) is 3.76. The second kappa shape index (κ2) is 4.77. The third-order valence-electron chi connectivity index (χ3n) is 3.76. The molecule has 2 atom stereocenters. The van der Waals surface area contributed by atoms with Gasteiger partial charge in [0.2, 0.25) is 0 Å². The molecule has 0 saturated carbocycles. The van der Waals surface area contributed by atoms with Crippen LogP contribution in [0.3, 0.4) is 0 Å². The predicted octanol–water partition coefficient (Wildman–Crippen LogP) is 2.38. The molecule has 94 valence electrons. The van der Waals surface area contributed by atoms with Crippen molar-refractivity contribution in [3.05, 3.63) is 34.9 Å². The van der Waals surface area contributed by atoms with Gasteiger partial charge in [-0.1, -0.05) is 23.8 Å². The zero-order chi connectivity index (χ0) is 12.5. The van der Waals surface area contributed by atoms with E-state index in [0.717, 1.165) is 19.4 Å². The maximum Gasteiger partial charge on any atom is 0.0862 e. The monoisotopic (exact) mass is 234 g/mol. The van der Waals surface area contributed by atoms with Crippen LogP contribution in [0.2, 0.25) is 0 Å². The van der Waals surface area contributed by atoms with Crippen molar-refractivity contribution in [1.82, 2.24) is 5.43 Å². The Morgan fingerprint density at radius 2 is 2.18 bits per heavy atom. The first-order chi connectivity index (χ1) is 8.07. The molecule has 0 radical (unpaired) electrons. The minimum atomic E-state index is -0.186. The summed E-state index contributed by atoms with van der Waals surface area (Å²) < 4.78 is 5.89. The van der Waals surface area contributed by atoms with E-state index in [1.54, 1.807) is 0 Å². The van der Waals surface area contributed by atoms with Crippen molar-refractivity contribution >= 4 is 0 Å². The highest BCUT2D eigenvalue weighted by molar-refractivity contribution is 5.34. The topological polar surface area (TPSA) is 47.3 Å². The van der Waals surface area contributed by atoms with Gasteiger partial charge in [-0.25, -0.2) is 0 Å². The summed E-state index contributed by atoms with van der Waals surface area (Å²) in [5.41, 5.74) is 6.53. The molecule has 1 heterocycles. The van der Waals surface area contributed by atoms with Gasteiger partial charge >= 0.3 is 0 Å². The summed E-state index contributed by atoms with van der Waals surface area (Å²) in [5, 5.41) is 0. The van der Waals surface area contributed by atoms with E-state index in [1.807, 2.05) is 0 Å². The molecule has 1 saturated heterocycles. The Labute approximate surface area is 103 Å². The van der Waals surface area contributed by atoms with Crippen LogP contribution in [0.15, 0.2) is 18.2 Å². The van der Waals surface area contributed by atoms with Crippen LogP contribution in [-0.2, 0) is 4.74 Å². The van der Waals surface area contributed by atoms with Crippen molar-refractivity contribution in [2.75, 3.05) is 6.61 Å². The molecule has 0 amide bonds. The Morgan fingerprint density at radius 3 is 2.71 bits per heavy atom. The van der Waals surface area contributed by atoms with Crippen LogP contribution < -0.4 is 11.3 Å². The lowest BCUT2D eigenvalue weighted by Gasteiger charge is -2.34. The second-order valence-electron chi connectivity index (χ2n) is 5.22. The van der Waals surface area contributed by atoms with E-state index in [0.29, 0.717) is 0 Å². The molecule has 1 aliphatic rings. The van der Waals surface area contributed by atoms with Crippen molar-refractivity contribution in [1.29, 1.82) is 0 Å². The number of nitrogens with one attached hydrogen (secondary N) is 1. The smallest absolute Gasteiger partial charge is 0.0862 e. The molecule has 2 unspecified atom stereocenters. The first kappa shape index (κ1) is 12.6. The number of nitrogens with two attached hydrogens (primary N) is 1. The van der Waals surface area contributed by atoms with Gasteiger partial charge in [0.15, 0.2) is 0 Å². The summed E-state index contributed by atoms with van der Waals surface area (Å²) in [7, 11) is 0. The van der Waals surface area contributed by atoms with E-state index in [1.165, 1.54) is 16.7 Å². The molecule has 1 aliphatic heterocycles. The van der Waals surface area contributed by atoms with Gasteiger partial charge in [0.05, 0.1) is 11.6 Å². The fourth-order valence-electron chi connectivity index (χ4n) is 2.77. The summed E-state index contributed by atoms with van der Waals surface area (Å²) >= 11 is 0. The average Bonchev–Trinajstić information content (AvgIpc) is 2.70. The van der Waals surface area contributed by atoms with Gasteiger partial charge in [-0.15, -0.1) is 0 Å². The zero-order valence-electron chi connectivity index (χ0n) is 10.9. The van der Waals surface area contributed by atoms with Gasteiger partial charge in [-0.05, 0) is 44.7 Å². The standard InChI is InChI=1S/C14H22N2O/c1-10-5-6-12(11(2)9-10)13(16-15)14(3)7-4-8-17-14/h5-6,9,13,16H,4,7-8,15H2,1-3H3. The predicted molar refractivity (Wildman–Crippen MR) is 69.6 cm³/mol. The Balaban J connectivity index is 2.34. The van der Waals surface area contributed by atoms with Crippen molar-refractivity contribution < 1.29 is 4.74 Å². The minimum Gasteiger partial charge on any atom is -0.373 e. The lowest BCUT2D eigenvalue weighted by molar-refractivity contribution is -0.0127. The fourth-order valence-corrected chi connectivity index (χ4v) is 2.77. The molecule has 3 nitrogen and oxygen atoms in total. The van der Waals surface area contributed by atoms with Crippen molar-refractivity contribution in [3.63, 3.8) is 0 Å². The number of ether oxygens (including phenoxy) is 1. The lowest BCUT2D eigenvalue weighted by Crippen LogP contribution is -2.44. The molecule has 2 rings (SSSR count). The number of aryl methyl sites for hydroxylation is 2. The highest BCUT2D eigenvalue weighted by Crippen LogP contribution is 2.38. The largest absolute Gasteiger partial charge is 0.373 e. The Hall–Kier alpha value is -0.900. The molecule has 1 aromatic rings. The third kappa shape index (κ3) is 2.37. The van der Waals surface area contributed by atoms with Gasteiger partial charge in [-0.3, -0.25) is 11.3 Å². The average molecular weight is 234 g/mol. The van der Waals surface area contributed by atoms with Crippen LogP contribution >= 0.6 is 0 Å². The van der Waals surface area contributed by atoms with Crippen LogP contribution in [0.5, 0.6) is 0 Å². The molecule has 0 bridgehead atoms. The summed E-state index contributed by atoms with van der Waals surface area (Å²) in [6.45, 7) is 7.21. The minimum absolute atomic E-state index is 0.0607. The molecule has 17 heavy (non-hydrogen) atoms. The SMILES string of the molecule is Cc1ccc(C(NN)C2(C)CCCO2)c(C)c1. The van der Waals surface area contributed by atoms with Crippen molar-refractivity contribution in [2.24, 2.45) is 5.84 Å². The van der Waals surface area contributed by atoms with Crippen LogP contribution in [-0.4, -0.2) is 12.2 Å². The van der Waals surface area contributed by atoms with Crippen molar-refractivity contribution in [3.8, 4) is 0 Å². The van der Waals surface area contributed by atoms with E-state index in [2.05, 4.69) is 44.4 Å². The summed E-state index contributed by atoms with van der Waals surface area (Å²) in [4.78, 5) is 0. The van der Waals surface area contributed by atoms with Gasteiger partial charge in [0, 0.05) is 6.61 Å². The molecule has 3 heteroatoms. The molecular formula is C14H22N2O. The number of rotatable bonds is 3. The van der Waals surface area contributed by atoms with Gasteiger partial charge in [0.1, 0.15) is 0 Å². The Kier molecular flexibility index (Phi) is 3.52. The molecule has 3 N–H and O–H groups in total. The summed E-state index contributed by atoms with van der Waals surface area (Å²) in [5.74, 6) is 5.75. The number of hydrazine groups is 1. The maximum atomic E-state index is 5.89. The Bertz CT molecular complexity index is 397. The number of hydrogen-bond donors (Lipinski definition) is 2. The highest BCUT2D eigenvalue weighted by Gasteiger charge is 2.39. The van der Waals surface area contributed by atoms with Crippen LogP contribution in [0, 0.1) is 13.8 Å². The van der Waals surface area contributed by atoms with Gasteiger partial charge in [0.25, 0.3) is 0 Å². The van der Waals surface area contributed by atoms with Crippen molar-refractivity contribution in [2.45, 2.75) is 45.3 Å². The van der Waals surface area contributed by atoms with Crippen LogP contribution in [0.4, 0.5) is 0 Å². The molecule has 1 fully saturated rings. The van der Waals surface area contributed by atoms with Gasteiger partial charge < -0.3 is 4.74 Å². The molecular weight excluding hydrogens is 212 g/mol. The summed E-state index contributed by atoms with van der Waals surface area (Å²) in [6.07, 6.45) is 2.16. The van der Waals surface area contributed by atoms with E-state index in [-0.39, 0.29) is 11.6 Å². The second-order valence-corrected chi connectivity index (χ2v) is 5.22. The molecule has 1 aromatic carbocycles.